The third-order valence-electron chi connectivity index (χ3n) is 3.01. The predicted octanol–water partition coefficient (Wildman–Crippen LogP) is 2.31. The first-order valence-electron chi connectivity index (χ1n) is 5.82. The van der Waals surface area contributed by atoms with Gasteiger partial charge in [-0.3, -0.25) is 0 Å². The molecule has 1 aromatic rings. The predicted molar refractivity (Wildman–Crippen MR) is 68.2 cm³/mol. The molecule has 1 aliphatic rings. The third kappa shape index (κ3) is 2.86. The van der Waals surface area contributed by atoms with Crippen LogP contribution in [0.5, 0.6) is 0 Å². The highest BCUT2D eigenvalue weighted by molar-refractivity contribution is 6.32. The molecule has 88 valence electrons. The molecule has 4 heteroatoms. The van der Waals surface area contributed by atoms with E-state index in [1.165, 1.54) is 19.3 Å². The van der Waals surface area contributed by atoms with Gasteiger partial charge in [0.05, 0.1) is 5.02 Å². The molecule has 1 unspecified atom stereocenters. The molecule has 0 amide bonds. The zero-order chi connectivity index (χ0) is 11.4. The summed E-state index contributed by atoms with van der Waals surface area (Å²) < 4.78 is 0. The van der Waals surface area contributed by atoms with Gasteiger partial charge in [0.2, 0.25) is 0 Å². The molecule has 0 saturated carbocycles. The smallest absolute Gasteiger partial charge is 0.147 e. The highest BCUT2D eigenvalue weighted by atomic mass is 35.5. The first-order chi connectivity index (χ1) is 7.77. The standard InChI is InChI=1S/C12H18ClN3/c1-16(9-10-5-2-3-7-14-10)12-11(13)6-4-8-15-12/h4,6,8,10,14H,2-3,5,7,9H2,1H3. The van der Waals surface area contributed by atoms with Crippen molar-refractivity contribution in [2.24, 2.45) is 0 Å². The molecule has 0 spiro atoms. The Morgan fingerprint density at radius 2 is 2.44 bits per heavy atom. The van der Waals surface area contributed by atoms with E-state index >= 15 is 0 Å². The lowest BCUT2D eigenvalue weighted by Crippen LogP contribution is -2.42. The van der Waals surface area contributed by atoms with Gasteiger partial charge in [-0.2, -0.15) is 0 Å². The van der Waals surface area contributed by atoms with Gasteiger partial charge >= 0.3 is 0 Å². The zero-order valence-electron chi connectivity index (χ0n) is 9.62. The summed E-state index contributed by atoms with van der Waals surface area (Å²) in [5, 5.41) is 4.25. The molecule has 3 nitrogen and oxygen atoms in total. The molecule has 16 heavy (non-hydrogen) atoms. The van der Waals surface area contributed by atoms with Gasteiger partial charge in [-0.05, 0) is 31.5 Å². The number of aromatic nitrogens is 1. The lowest BCUT2D eigenvalue weighted by Gasteiger charge is -2.29. The second-order valence-corrected chi connectivity index (χ2v) is 4.74. The van der Waals surface area contributed by atoms with Gasteiger partial charge < -0.3 is 10.2 Å². The van der Waals surface area contributed by atoms with Gasteiger partial charge in [0.15, 0.2) is 0 Å². The molecule has 1 N–H and O–H groups in total. The van der Waals surface area contributed by atoms with Gasteiger partial charge in [0.1, 0.15) is 5.82 Å². The van der Waals surface area contributed by atoms with E-state index in [1.54, 1.807) is 6.20 Å². The minimum Gasteiger partial charge on any atom is -0.357 e. The number of piperidine rings is 1. The van der Waals surface area contributed by atoms with Crippen LogP contribution in [0, 0.1) is 0 Å². The maximum absolute atomic E-state index is 6.11. The Morgan fingerprint density at radius 1 is 1.56 bits per heavy atom. The fourth-order valence-electron chi connectivity index (χ4n) is 2.16. The summed E-state index contributed by atoms with van der Waals surface area (Å²) in [4.78, 5) is 6.44. The van der Waals surface area contributed by atoms with E-state index in [-0.39, 0.29) is 0 Å². The van der Waals surface area contributed by atoms with Crippen molar-refractivity contribution in [2.75, 3.05) is 25.0 Å². The fourth-order valence-corrected chi connectivity index (χ4v) is 2.42. The number of anilines is 1. The van der Waals surface area contributed by atoms with Crippen LogP contribution >= 0.6 is 11.6 Å². The van der Waals surface area contributed by atoms with Crippen LogP contribution in [0.1, 0.15) is 19.3 Å². The number of nitrogens with zero attached hydrogens (tertiary/aromatic N) is 2. The van der Waals surface area contributed by atoms with Crippen molar-refractivity contribution in [3.8, 4) is 0 Å². The summed E-state index contributed by atoms with van der Waals surface area (Å²) in [6.07, 6.45) is 5.65. The number of likely N-dealkylation sites (N-methyl/N-ethyl adjacent to an activating group) is 1. The Morgan fingerprint density at radius 3 is 3.12 bits per heavy atom. The molecule has 1 aliphatic heterocycles. The lowest BCUT2D eigenvalue weighted by molar-refractivity contribution is 0.403. The molecular weight excluding hydrogens is 222 g/mol. The van der Waals surface area contributed by atoms with Crippen LogP contribution in [0.2, 0.25) is 5.02 Å². The molecule has 0 radical (unpaired) electrons. The summed E-state index contributed by atoms with van der Waals surface area (Å²) >= 11 is 6.11. The second kappa shape index (κ2) is 5.51. The van der Waals surface area contributed by atoms with Gasteiger partial charge in [0.25, 0.3) is 0 Å². The normalized spacial score (nSPS) is 20.8. The molecule has 1 fully saturated rings. The van der Waals surface area contributed by atoms with Crippen LogP contribution < -0.4 is 10.2 Å². The van der Waals surface area contributed by atoms with Crippen LogP contribution in [0.15, 0.2) is 18.3 Å². The maximum atomic E-state index is 6.11. The number of halogens is 1. The average Bonchev–Trinajstić information content (AvgIpc) is 2.31. The minimum absolute atomic E-state index is 0.567. The van der Waals surface area contributed by atoms with Crippen molar-refractivity contribution in [3.05, 3.63) is 23.4 Å². The molecule has 1 saturated heterocycles. The van der Waals surface area contributed by atoms with Crippen molar-refractivity contribution in [1.29, 1.82) is 0 Å². The van der Waals surface area contributed by atoms with E-state index in [9.17, 15) is 0 Å². The van der Waals surface area contributed by atoms with Crippen LogP contribution in [-0.4, -0.2) is 31.2 Å². The van der Waals surface area contributed by atoms with E-state index < -0.39 is 0 Å². The quantitative estimate of drug-likeness (QED) is 0.878. The summed E-state index contributed by atoms with van der Waals surface area (Å²) in [5.41, 5.74) is 0. The van der Waals surface area contributed by atoms with Gasteiger partial charge in [-0.1, -0.05) is 18.0 Å². The zero-order valence-corrected chi connectivity index (χ0v) is 10.4. The van der Waals surface area contributed by atoms with Crippen molar-refractivity contribution in [2.45, 2.75) is 25.3 Å². The monoisotopic (exact) mass is 239 g/mol. The Bertz CT molecular complexity index is 337. The Hall–Kier alpha value is -0.800. The number of rotatable bonds is 3. The highest BCUT2D eigenvalue weighted by Crippen LogP contribution is 2.21. The molecule has 1 aromatic heterocycles. The van der Waals surface area contributed by atoms with E-state index in [0.717, 1.165) is 23.9 Å². The van der Waals surface area contributed by atoms with E-state index in [1.807, 2.05) is 19.2 Å². The van der Waals surface area contributed by atoms with Gasteiger partial charge in [0, 0.05) is 25.8 Å². The third-order valence-corrected chi connectivity index (χ3v) is 3.30. The molecule has 0 aromatic carbocycles. The van der Waals surface area contributed by atoms with Gasteiger partial charge in [-0.25, -0.2) is 4.98 Å². The number of hydrogen-bond acceptors (Lipinski definition) is 3. The number of hydrogen-bond donors (Lipinski definition) is 1. The Kier molecular flexibility index (Phi) is 4.02. The highest BCUT2D eigenvalue weighted by Gasteiger charge is 2.16. The number of pyridine rings is 1. The summed E-state index contributed by atoms with van der Waals surface area (Å²) in [5.74, 6) is 0.872. The fraction of sp³-hybridized carbons (Fsp3) is 0.583. The van der Waals surface area contributed by atoms with Crippen LogP contribution in [0.25, 0.3) is 0 Å². The topological polar surface area (TPSA) is 28.2 Å². The van der Waals surface area contributed by atoms with E-state index in [4.69, 9.17) is 11.6 Å². The Labute approximate surface area is 102 Å². The van der Waals surface area contributed by atoms with Crippen LogP contribution in [0.4, 0.5) is 5.82 Å². The summed E-state index contributed by atoms with van der Waals surface area (Å²) in [7, 11) is 2.05. The molecule has 2 heterocycles. The van der Waals surface area contributed by atoms with E-state index in [0.29, 0.717) is 6.04 Å². The maximum Gasteiger partial charge on any atom is 0.147 e. The van der Waals surface area contributed by atoms with E-state index in [2.05, 4.69) is 15.2 Å². The SMILES string of the molecule is CN(CC1CCCCN1)c1ncccc1Cl. The largest absolute Gasteiger partial charge is 0.357 e. The van der Waals surface area contributed by atoms with Crippen molar-refractivity contribution >= 4 is 17.4 Å². The second-order valence-electron chi connectivity index (χ2n) is 4.34. The van der Waals surface area contributed by atoms with Crippen LogP contribution in [0.3, 0.4) is 0 Å². The first kappa shape index (κ1) is 11.7. The summed E-state index contributed by atoms with van der Waals surface area (Å²) in [6.45, 7) is 2.10. The van der Waals surface area contributed by atoms with Crippen LogP contribution in [-0.2, 0) is 0 Å². The van der Waals surface area contributed by atoms with Gasteiger partial charge in [-0.15, -0.1) is 0 Å². The molecule has 2 rings (SSSR count). The minimum atomic E-state index is 0.567. The lowest BCUT2D eigenvalue weighted by atomic mass is 10.0. The summed E-state index contributed by atoms with van der Waals surface area (Å²) in [6, 6.07) is 4.31. The first-order valence-corrected chi connectivity index (χ1v) is 6.20. The molecule has 1 atom stereocenters. The number of nitrogens with one attached hydrogen (secondary N) is 1. The van der Waals surface area contributed by atoms with Crippen molar-refractivity contribution < 1.29 is 0 Å². The molecular formula is C12H18ClN3. The molecule has 0 aliphatic carbocycles. The van der Waals surface area contributed by atoms with Crippen molar-refractivity contribution in [3.63, 3.8) is 0 Å². The Balaban J connectivity index is 1.96. The molecule has 0 bridgehead atoms. The average molecular weight is 240 g/mol. The van der Waals surface area contributed by atoms with Crippen molar-refractivity contribution in [1.82, 2.24) is 10.3 Å².